The first-order valence-corrected chi connectivity index (χ1v) is 18.2. The second kappa shape index (κ2) is 13.0. The molecule has 0 spiro atoms. The maximum absolute atomic E-state index is 10.2. The van der Waals surface area contributed by atoms with Gasteiger partial charge in [0.1, 0.15) is 0 Å². The molecule has 6 nitrogen and oxygen atoms in total. The van der Waals surface area contributed by atoms with Gasteiger partial charge in [-0.05, 0) is 89.0 Å². The van der Waals surface area contributed by atoms with Crippen LogP contribution in [0.2, 0.25) is 0 Å². The van der Waals surface area contributed by atoms with E-state index in [2.05, 4.69) is 105 Å². The molecule has 0 saturated carbocycles. The Labute approximate surface area is 322 Å². The zero-order valence-corrected chi connectivity index (χ0v) is 29.8. The van der Waals surface area contributed by atoms with Gasteiger partial charge in [0.2, 0.25) is 0 Å². The van der Waals surface area contributed by atoms with Crippen molar-refractivity contribution < 1.29 is 0 Å². The van der Waals surface area contributed by atoms with Crippen LogP contribution >= 0.6 is 0 Å². The first-order chi connectivity index (χ1) is 27.7. The summed E-state index contributed by atoms with van der Waals surface area (Å²) >= 11 is 0. The van der Waals surface area contributed by atoms with Gasteiger partial charge in [0.25, 0.3) is 0 Å². The van der Waals surface area contributed by atoms with E-state index >= 15 is 0 Å². The number of rotatable bonds is 5. The standard InChI is InChI=1S/C50H28N6/c51-28-32-17-20-41(50(25-32)56-46-16-8-6-14-40(46)43-27-34(19-22-48(43)56)38-12-4-2-10-36(38)30-53)44-31-54-24-23-49(44)55-45-15-7-5-13-39(45)42-26-33(18-21-47(42)55)37-11-3-1-9-35(37)29-52/h1-27,31H. The monoisotopic (exact) mass is 712 g/mol. The maximum atomic E-state index is 10.2. The minimum atomic E-state index is 0.543. The van der Waals surface area contributed by atoms with Gasteiger partial charge < -0.3 is 9.13 Å². The van der Waals surface area contributed by atoms with Crippen LogP contribution in [0, 0.1) is 34.0 Å². The molecule has 0 N–H and O–H groups in total. The third-order valence-electron chi connectivity index (χ3n) is 10.8. The lowest BCUT2D eigenvalue weighted by molar-refractivity contribution is 1.14. The number of hydrogen-bond donors (Lipinski definition) is 0. The average molecular weight is 713 g/mol. The molecular formula is C50H28N6. The summed E-state index contributed by atoms with van der Waals surface area (Å²) in [5.74, 6) is 0. The van der Waals surface area contributed by atoms with Crippen molar-refractivity contribution in [2.75, 3.05) is 0 Å². The minimum absolute atomic E-state index is 0.543. The molecule has 56 heavy (non-hydrogen) atoms. The summed E-state index contributed by atoms with van der Waals surface area (Å²) in [5.41, 5.74) is 13.2. The quantitative estimate of drug-likeness (QED) is 0.177. The summed E-state index contributed by atoms with van der Waals surface area (Å²) in [6, 6.07) is 59.8. The van der Waals surface area contributed by atoms with Crippen molar-refractivity contribution in [3.8, 4) is 63.0 Å². The molecule has 10 aromatic rings. The van der Waals surface area contributed by atoms with Crippen LogP contribution in [0.15, 0.2) is 170 Å². The fourth-order valence-corrected chi connectivity index (χ4v) is 8.27. The van der Waals surface area contributed by atoms with Gasteiger partial charge >= 0.3 is 0 Å². The molecule has 7 aromatic carbocycles. The van der Waals surface area contributed by atoms with Crippen molar-refractivity contribution in [1.82, 2.24) is 14.1 Å². The first-order valence-electron chi connectivity index (χ1n) is 18.2. The Morgan fingerprint density at radius 3 is 1.48 bits per heavy atom. The van der Waals surface area contributed by atoms with Gasteiger partial charge in [-0.2, -0.15) is 15.8 Å². The molecule has 0 saturated heterocycles. The van der Waals surface area contributed by atoms with Gasteiger partial charge in [-0.1, -0.05) is 91.0 Å². The lowest BCUT2D eigenvalue weighted by Crippen LogP contribution is -2.02. The van der Waals surface area contributed by atoms with Crippen LogP contribution in [-0.4, -0.2) is 14.1 Å². The molecule has 3 heterocycles. The van der Waals surface area contributed by atoms with Crippen molar-refractivity contribution in [1.29, 1.82) is 15.8 Å². The Bertz CT molecular complexity index is 3360. The molecular weight excluding hydrogens is 685 g/mol. The van der Waals surface area contributed by atoms with Crippen LogP contribution in [0.1, 0.15) is 16.7 Å². The zero-order chi connectivity index (χ0) is 37.8. The summed E-state index contributed by atoms with van der Waals surface area (Å²) in [6.45, 7) is 0. The molecule has 0 atom stereocenters. The highest BCUT2D eigenvalue weighted by Crippen LogP contribution is 2.42. The number of nitriles is 3. The molecule has 0 bridgehead atoms. The van der Waals surface area contributed by atoms with Crippen LogP contribution < -0.4 is 0 Å². The summed E-state index contributed by atoms with van der Waals surface area (Å²) < 4.78 is 4.52. The van der Waals surface area contributed by atoms with Gasteiger partial charge in [-0.15, -0.1) is 0 Å². The lowest BCUT2D eigenvalue weighted by Gasteiger charge is -2.18. The SMILES string of the molecule is N#Cc1ccc(-c2cnccc2-n2c3ccccc3c3cc(-c4ccccc4C#N)ccc32)c(-n2c3ccccc3c3cc(-c4ccccc4C#N)ccc32)c1. The molecule has 0 aliphatic heterocycles. The highest BCUT2D eigenvalue weighted by molar-refractivity contribution is 6.13. The molecule has 0 amide bonds. The second-order valence-electron chi connectivity index (χ2n) is 13.7. The van der Waals surface area contributed by atoms with Gasteiger partial charge in [0.15, 0.2) is 0 Å². The van der Waals surface area contributed by atoms with Crippen LogP contribution in [0.25, 0.3) is 88.4 Å². The average Bonchev–Trinajstić information content (AvgIpc) is 3.78. The maximum Gasteiger partial charge on any atom is 0.0998 e. The fraction of sp³-hybridized carbons (Fsp3) is 0. The minimum Gasteiger partial charge on any atom is -0.309 e. The Kier molecular flexibility index (Phi) is 7.53. The van der Waals surface area contributed by atoms with Crippen LogP contribution in [0.5, 0.6) is 0 Å². The van der Waals surface area contributed by atoms with Crippen molar-refractivity contribution in [2.24, 2.45) is 0 Å². The van der Waals surface area contributed by atoms with Crippen molar-refractivity contribution in [3.63, 3.8) is 0 Å². The normalized spacial score (nSPS) is 11.2. The Morgan fingerprint density at radius 1 is 0.393 bits per heavy atom. The Balaban J connectivity index is 1.23. The number of para-hydroxylation sites is 2. The van der Waals surface area contributed by atoms with Crippen molar-refractivity contribution >= 4 is 43.6 Å². The number of fused-ring (bicyclic) bond motifs is 6. The molecule has 10 rings (SSSR count). The fourth-order valence-electron chi connectivity index (χ4n) is 8.27. The number of aromatic nitrogens is 3. The smallest absolute Gasteiger partial charge is 0.0998 e. The van der Waals surface area contributed by atoms with E-state index in [1.807, 2.05) is 97.3 Å². The van der Waals surface area contributed by atoms with Crippen LogP contribution in [-0.2, 0) is 0 Å². The summed E-state index contributed by atoms with van der Waals surface area (Å²) in [4.78, 5) is 4.67. The zero-order valence-electron chi connectivity index (χ0n) is 29.8. The number of hydrogen-bond acceptors (Lipinski definition) is 4. The lowest BCUT2D eigenvalue weighted by atomic mass is 9.98. The van der Waals surface area contributed by atoms with E-state index in [1.165, 1.54) is 0 Å². The van der Waals surface area contributed by atoms with E-state index in [9.17, 15) is 15.8 Å². The Hall–Kier alpha value is -8.24. The number of nitrogens with zero attached hydrogens (tertiary/aromatic N) is 6. The van der Waals surface area contributed by atoms with Gasteiger partial charge in [0, 0.05) is 45.1 Å². The highest BCUT2D eigenvalue weighted by atomic mass is 15.0. The summed E-state index contributed by atoms with van der Waals surface area (Å²) in [5, 5.41) is 34.3. The molecule has 258 valence electrons. The van der Waals surface area contributed by atoms with Gasteiger partial charge in [0.05, 0.1) is 68.3 Å². The van der Waals surface area contributed by atoms with E-state index in [1.54, 1.807) is 0 Å². The van der Waals surface area contributed by atoms with Crippen molar-refractivity contribution in [3.05, 3.63) is 187 Å². The molecule has 3 aromatic heterocycles. The van der Waals surface area contributed by atoms with Gasteiger partial charge in [-0.3, -0.25) is 4.98 Å². The van der Waals surface area contributed by atoms with E-state index in [0.29, 0.717) is 16.7 Å². The third kappa shape index (κ3) is 4.97. The van der Waals surface area contributed by atoms with E-state index in [0.717, 1.165) is 88.4 Å². The van der Waals surface area contributed by atoms with Crippen LogP contribution in [0.3, 0.4) is 0 Å². The number of pyridine rings is 1. The third-order valence-corrected chi connectivity index (χ3v) is 10.8. The molecule has 0 aliphatic rings. The second-order valence-corrected chi connectivity index (χ2v) is 13.7. The molecule has 0 unspecified atom stereocenters. The number of benzene rings is 7. The molecule has 0 radical (unpaired) electrons. The van der Waals surface area contributed by atoms with E-state index in [-0.39, 0.29) is 0 Å². The van der Waals surface area contributed by atoms with E-state index < -0.39 is 0 Å². The molecule has 6 heteroatoms. The highest BCUT2D eigenvalue weighted by Gasteiger charge is 2.22. The van der Waals surface area contributed by atoms with E-state index in [4.69, 9.17) is 0 Å². The van der Waals surface area contributed by atoms with Crippen molar-refractivity contribution in [2.45, 2.75) is 0 Å². The first kappa shape index (κ1) is 32.4. The van der Waals surface area contributed by atoms with Gasteiger partial charge in [-0.25, -0.2) is 0 Å². The molecule has 0 fully saturated rings. The summed E-state index contributed by atoms with van der Waals surface area (Å²) in [6.07, 6.45) is 3.73. The predicted octanol–water partition coefficient (Wildman–Crippen LogP) is 11.9. The topological polar surface area (TPSA) is 94.1 Å². The predicted molar refractivity (Wildman–Crippen MR) is 223 cm³/mol. The molecule has 0 aliphatic carbocycles. The summed E-state index contributed by atoms with van der Waals surface area (Å²) in [7, 11) is 0. The van der Waals surface area contributed by atoms with Crippen LogP contribution in [0.4, 0.5) is 0 Å². The largest absolute Gasteiger partial charge is 0.309 e. The Morgan fingerprint density at radius 2 is 0.911 bits per heavy atom.